The van der Waals surface area contributed by atoms with Crippen LogP contribution in [0, 0.1) is 10.1 Å². The van der Waals surface area contributed by atoms with Crippen LogP contribution in [-0.2, 0) is 16.6 Å². The fourth-order valence-corrected chi connectivity index (χ4v) is 5.60. The fraction of sp³-hybridized carbons (Fsp3) is 0.0500. The highest BCUT2D eigenvalue weighted by Crippen LogP contribution is 2.31. The number of hydrogen-bond donors (Lipinski definition) is 0. The van der Waals surface area contributed by atoms with Crippen LogP contribution in [0.25, 0.3) is 11.0 Å². The van der Waals surface area contributed by atoms with Crippen LogP contribution in [0.5, 0.6) is 5.75 Å². The van der Waals surface area contributed by atoms with E-state index in [2.05, 4.69) is 20.9 Å². The number of rotatable bonds is 6. The molecule has 12 heteroatoms. The molecule has 0 unspecified atom stereocenters. The van der Waals surface area contributed by atoms with Gasteiger partial charge in [0.25, 0.3) is 15.7 Å². The molecule has 4 rings (SSSR count). The van der Waals surface area contributed by atoms with Gasteiger partial charge in [-0.3, -0.25) is 10.1 Å². The van der Waals surface area contributed by atoms with Gasteiger partial charge in [-0.2, -0.15) is 0 Å². The van der Waals surface area contributed by atoms with Crippen LogP contribution in [0.4, 0.5) is 5.69 Å². The highest BCUT2D eigenvalue weighted by atomic mass is 79.9. The lowest BCUT2D eigenvalue weighted by atomic mass is 10.3. The molecule has 0 aliphatic carbocycles. The van der Waals surface area contributed by atoms with Gasteiger partial charge in [-0.15, -0.1) is 0 Å². The number of non-ortho nitro benzene ring substituents is 1. The molecule has 0 fully saturated rings. The number of benzene rings is 3. The van der Waals surface area contributed by atoms with Gasteiger partial charge in [-0.05, 0) is 48.5 Å². The van der Waals surface area contributed by atoms with E-state index in [1.807, 2.05) is 0 Å². The smallest absolute Gasteiger partial charge is 0.271 e. The number of imidazole rings is 1. The zero-order valence-electron chi connectivity index (χ0n) is 15.9. The number of ether oxygens (including phenoxy) is 1. The average Bonchev–Trinajstić information content (AvgIpc) is 3.10. The van der Waals surface area contributed by atoms with Gasteiger partial charge in [0.15, 0.2) is 5.82 Å². The number of halogens is 3. The van der Waals surface area contributed by atoms with Crippen molar-refractivity contribution in [2.45, 2.75) is 11.5 Å². The second kappa shape index (κ2) is 8.70. The van der Waals surface area contributed by atoms with Crippen LogP contribution < -0.4 is 4.74 Å². The zero-order chi connectivity index (χ0) is 23.0. The fourth-order valence-electron chi connectivity index (χ4n) is 3.03. The lowest BCUT2D eigenvalue weighted by molar-refractivity contribution is -0.384. The number of fused-ring (bicyclic) bond motifs is 1. The third-order valence-electron chi connectivity index (χ3n) is 4.47. The van der Waals surface area contributed by atoms with Gasteiger partial charge in [0, 0.05) is 21.6 Å². The highest BCUT2D eigenvalue weighted by Gasteiger charge is 2.27. The predicted molar refractivity (Wildman–Crippen MR) is 124 cm³/mol. The van der Waals surface area contributed by atoms with Crippen molar-refractivity contribution in [1.29, 1.82) is 0 Å². The summed E-state index contributed by atoms with van der Waals surface area (Å²) in [6.07, 6.45) is 0. The molecule has 8 nitrogen and oxygen atoms in total. The van der Waals surface area contributed by atoms with Crippen molar-refractivity contribution >= 4 is 65.9 Å². The molecule has 0 aliphatic heterocycles. The molecular formula is C20H12BrCl2N3O5S. The van der Waals surface area contributed by atoms with Crippen molar-refractivity contribution in [2.75, 3.05) is 0 Å². The average molecular weight is 557 g/mol. The third kappa shape index (κ3) is 4.31. The lowest BCUT2D eigenvalue weighted by Crippen LogP contribution is -2.18. The van der Waals surface area contributed by atoms with Crippen molar-refractivity contribution in [3.05, 3.63) is 91.1 Å². The van der Waals surface area contributed by atoms with E-state index >= 15 is 0 Å². The van der Waals surface area contributed by atoms with Crippen molar-refractivity contribution in [1.82, 2.24) is 8.96 Å². The summed E-state index contributed by atoms with van der Waals surface area (Å²) in [5, 5.41) is 11.1. The van der Waals surface area contributed by atoms with Gasteiger partial charge in [0.2, 0.25) is 0 Å². The first-order valence-corrected chi connectivity index (χ1v) is 11.9. The largest absolute Gasteiger partial charge is 0.486 e. The Labute approximate surface area is 200 Å². The monoisotopic (exact) mass is 555 g/mol. The van der Waals surface area contributed by atoms with E-state index in [-0.39, 0.29) is 28.0 Å². The molecule has 0 spiro atoms. The summed E-state index contributed by atoms with van der Waals surface area (Å²) < 4.78 is 34.5. The third-order valence-corrected chi connectivity index (χ3v) is 7.42. The molecule has 164 valence electrons. The normalized spacial score (nSPS) is 11.6. The molecule has 1 aromatic heterocycles. The first kappa shape index (κ1) is 22.5. The molecule has 0 aliphatic rings. The molecule has 0 saturated carbocycles. The minimum absolute atomic E-state index is 0.0309. The Morgan fingerprint density at radius 2 is 1.78 bits per heavy atom. The molecule has 3 aromatic carbocycles. The molecule has 32 heavy (non-hydrogen) atoms. The van der Waals surface area contributed by atoms with Gasteiger partial charge in [0.1, 0.15) is 17.3 Å². The van der Waals surface area contributed by atoms with Crippen molar-refractivity contribution in [3.63, 3.8) is 0 Å². The van der Waals surface area contributed by atoms with E-state index in [1.165, 1.54) is 42.5 Å². The van der Waals surface area contributed by atoms with Crippen molar-refractivity contribution in [3.8, 4) is 5.75 Å². The maximum absolute atomic E-state index is 13.6. The van der Waals surface area contributed by atoms with Gasteiger partial charge in [-0.1, -0.05) is 39.1 Å². The van der Waals surface area contributed by atoms with E-state index in [0.29, 0.717) is 26.3 Å². The molecule has 0 atom stereocenters. The Hall–Kier alpha value is -2.66. The first-order valence-electron chi connectivity index (χ1n) is 8.91. The van der Waals surface area contributed by atoms with Crippen molar-refractivity contribution < 1.29 is 18.1 Å². The quantitative estimate of drug-likeness (QED) is 0.218. The maximum Gasteiger partial charge on any atom is 0.271 e. The molecule has 0 saturated heterocycles. The zero-order valence-corrected chi connectivity index (χ0v) is 19.8. The van der Waals surface area contributed by atoms with E-state index in [4.69, 9.17) is 27.9 Å². The van der Waals surface area contributed by atoms with E-state index in [0.717, 1.165) is 3.97 Å². The summed E-state index contributed by atoms with van der Waals surface area (Å²) >= 11 is 15.5. The van der Waals surface area contributed by atoms with Crippen LogP contribution in [0.1, 0.15) is 5.82 Å². The van der Waals surface area contributed by atoms with Gasteiger partial charge in [-0.25, -0.2) is 17.4 Å². The van der Waals surface area contributed by atoms with Crippen LogP contribution in [0.2, 0.25) is 10.0 Å². The maximum atomic E-state index is 13.6. The van der Waals surface area contributed by atoms with Gasteiger partial charge < -0.3 is 4.74 Å². The van der Waals surface area contributed by atoms with Crippen LogP contribution in [0.3, 0.4) is 0 Å². The number of nitrogens with zero attached hydrogens (tertiary/aromatic N) is 3. The molecule has 0 N–H and O–H groups in total. The Kier molecular flexibility index (Phi) is 6.13. The highest BCUT2D eigenvalue weighted by molar-refractivity contribution is 9.10. The molecule has 0 radical (unpaired) electrons. The number of nitro benzene ring substituents is 1. The number of hydrogen-bond acceptors (Lipinski definition) is 6. The summed E-state index contributed by atoms with van der Waals surface area (Å²) in [4.78, 5) is 14.6. The molecule has 0 amide bonds. The minimum atomic E-state index is -4.17. The first-order chi connectivity index (χ1) is 15.2. The minimum Gasteiger partial charge on any atom is -0.486 e. The van der Waals surface area contributed by atoms with E-state index in [9.17, 15) is 18.5 Å². The second-order valence-electron chi connectivity index (χ2n) is 6.54. The summed E-state index contributed by atoms with van der Waals surface area (Å²) in [7, 11) is -4.17. The molecule has 0 bridgehead atoms. The standard InChI is InChI=1S/C20H12BrCl2N3O5S/c21-12-1-7-17-18(9-12)25(32(29,30)19-8-2-13(22)10-16(19)23)20(24-17)11-31-15-5-3-14(4-6-15)26(27)28/h1-10H,11H2. The van der Waals surface area contributed by atoms with E-state index in [1.54, 1.807) is 18.2 Å². The summed E-state index contributed by atoms with van der Waals surface area (Å²) in [5.41, 5.74) is 0.672. The second-order valence-corrected chi connectivity index (χ2v) is 10.1. The Balaban J connectivity index is 1.79. The Morgan fingerprint density at radius 3 is 2.44 bits per heavy atom. The summed E-state index contributed by atoms with van der Waals surface area (Å²) in [5.74, 6) is 0.416. The SMILES string of the molecule is O=[N+]([O-])c1ccc(OCc2nc3ccc(Br)cc3n2S(=O)(=O)c2ccc(Cl)cc2Cl)cc1. The topological polar surface area (TPSA) is 104 Å². The van der Waals surface area contributed by atoms with Crippen LogP contribution in [-0.4, -0.2) is 22.3 Å². The van der Waals surface area contributed by atoms with Crippen LogP contribution >= 0.6 is 39.1 Å². The number of nitro groups is 1. The lowest BCUT2D eigenvalue weighted by Gasteiger charge is -2.13. The predicted octanol–water partition coefficient (Wildman–Crippen LogP) is 5.83. The molecular weight excluding hydrogens is 545 g/mol. The Bertz CT molecular complexity index is 1460. The van der Waals surface area contributed by atoms with Crippen LogP contribution in [0.15, 0.2) is 70.0 Å². The number of aromatic nitrogens is 2. The molecule has 4 aromatic rings. The van der Waals surface area contributed by atoms with E-state index < -0.39 is 14.9 Å². The van der Waals surface area contributed by atoms with Gasteiger partial charge >= 0.3 is 0 Å². The summed E-state index contributed by atoms with van der Waals surface area (Å²) in [6, 6.07) is 14.6. The van der Waals surface area contributed by atoms with Gasteiger partial charge in [0.05, 0.1) is 21.0 Å². The van der Waals surface area contributed by atoms with Crippen molar-refractivity contribution in [2.24, 2.45) is 0 Å². The Morgan fingerprint density at radius 1 is 1.06 bits per heavy atom. The summed E-state index contributed by atoms with van der Waals surface area (Å²) in [6.45, 7) is -0.214. The molecule has 1 heterocycles.